The average Bonchev–Trinajstić information content (AvgIpc) is 3.27. The van der Waals surface area contributed by atoms with Crippen LogP contribution in [-0.4, -0.2) is 47.7 Å². The number of anilines is 1. The largest absolute Gasteiger partial charge is 0.454 e. The molecule has 0 radical (unpaired) electrons. The first-order valence-electron chi connectivity index (χ1n) is 10.4. The summed E-state index contributed by atoms with van der Waals surface area (Å²) in [7, 11) is 0. The summed E-state index contributed by atoms with van der Waals surface area (Å²) in [5, 5.41) is 5.22. The molecule has 3 heterocycles. The molecule has 9 heteroatoms. The van der Waals surface area contributed by atoms with Gasteiger partial charge in [-0.2, -0.15) is 5.10 Å². The van der Waals surface area contributed by atoms with Crippen molar-refractivity contribution in [3.05, 3.63) is 80.2 Å². The molecular weight excluding hydrogens is 451 g/mol. The molecule has 0 N–H and O–H groups in total. The van der Waals surface area contributed by atoms with Crippen LogP contribution < -0.4 is 19.9 Å². The van der Waals surface area contributed by atoms with Crippen molar-refractivity contribution < 1.29 is 9.47 Å². The van der Waals surface area contributed by atoms with Gasteiger partial charge in [0, 0.05) is 37.7 Å². The second kappa shape index (κ2) is 9.02. The van der Waals surface area contributed by atoms with Gasteiger partial charge in [-0.1, -0.05) is 41.4 Å². The van der Waals surface area contributed by atoms with Crippen LogP contribution in [0.25, 0.3) is 0 Å². The Balaban J connectivity index is 1.23. The quantitative estimate of drug-likeness (QED) is 0.564. The molecule has 166 valence electrons. The van der Waals surface area contributed by atoms with Crippen LogP contribution in [0.15, 0.2) is 53.5 Å². The summed E-state index contributed by atoms with van der Waals surface area (Å²) < 4.78 is 12.2. The highest BCUT2D eigenvalue weighted by Crippen LogP contribution is 2.33. The summed E-state index contributed by atoms with van der Waals surface area (Å²) in [5.41, 5.74) is 2.52. The molecule has 5 rings (SSSR count). The summed E-state index contributed by atoms with van der Waals surface area (Å²) in [5.74, 6) is 1.60. The van der Waals surface area contributed by atoms with Crippen molar-refractivity contribution in [3.63, 3.8) is 0 Å². The lowest BCUT2D eigenvalue weighted by atomic mass is 10.1. The van der Waals surface area contributed by atoms with Gasteiger partial charge >= 0.3 is 0 Å². The van der Waals surface area contributed by atoms with Gasteiger partial charge in [0.15, 0.2) is 11.5 Å². The topological polar surface area (TPSA) is 59.8 Å². The molecule has 0 amide bonds. The number of rotatable bonds is 5. The van der Waals surface area contributed by atoms with Crippen molar-refractivity contribution in [2.24, 2.45) is 0 Å². The summed E-state index contributed by atoms with van der Waals surface area (Å²) in [4.78, 5) is 17.3. The fourth-order valence-corrected chi connectivity index (χ4v) is 4.39. The molecule has 7 nitrogen and oxygen atoms in total. The number of nitrogens with zero attached hydrogens (tertiary/aromatic N) is 4. The Morgan fingerprint density at radius 3 is 2.38 bits per heavy atom. The molecule has 0 atom stereocenters. The third-order valence-corrected chi connectivity index (χ3v) is 6.38. The van der Waals surface area contributed by atoms with Crippen LogP contribution in [0.1, 0.15) is 11.1 Å². The third kappa shape index (κ3) is 4.41. The highest BCUT2D eigenvalue weighted by molar-refractivity contribution is 6.33. The maximum absolute atomic E-state index is 12.8. The maximum atomic E-state index is 12.8. The lowest BCUT2D eigenvalue weighted by Gasteiger charge is -2.36. The fourth-order valence-electron chi connectivity index (χ4n) is 4.00. The van der Waals surface area contributed by atoms with E-state index in [4.69, 9.17) is 32.7 Å². The van der Waals surface area contributed by atoms with E-state index in [0.717, 1.165) is 49.8 Å². The van der Waals surface area contributed by atoms with Crippen LogP contribution in [-0.2, 0) is 13.1 Å². The van der Waals surface area contributed by atoms with Gasteiger partial charge in [-0.15, -0.1) is 0 Å². The van der Waals surface area contributed by atoms with E-state index in [9.17, 15) is 4.79 Å². The molecule has 0 spiro atoms. The predicted octanol–water partition coefficient (Wildman–Crippen LogP) is 3.65. The SMILES string of the molecule is O=c1c(Cl)c(N2CCN(Cc3ccc4c(c3)OCO4)CC2)cnn1Cc1ccc(Cl)cc1. The fraction of sp³-hybridized carbons (Fsp3) is 0.304. The van der Waals surface area contributed by atoms with Crippen LogP contribution >= 0.6 is 23.2 Å². The molecule has 0 saturated carbocycles. The molecule has 1 aromatic heterocycles. The number of benzene rings is 2. The van der Waals surface area contributed by atoms with Crippen molar-refractivity contribution >= 4 is 28.9 Å². The minimum absolute atomic E-state index is 0.207. The Morgan fingerprint density at radius 2 is 1.59 bits per heavy atom. The van der Waals surface area contributed by atoms with E-state index in [2.05, 4.69) is 21.0 Å². The van der Waals surface area contributed by atoms with E-state index >= 15 is 0 Å². The summed E-state index contributed by atoms with van der Waals surface area (Å²) >= 11 is 12.4. The molecule has 3 aromatic rings. The lowest BCUT2D eigenvalue weighted by Crippen LogP contribution is -2.46. The van der Waals surface area contributed by atoms with E-state index in [1.54, 1.807) is 18.3 Å². The highest BCUT2D eigenvalue weighted by atomic mass is 35.5. The molecule has 1 fully saturated rings. The van der Waals surface area contributed by atoms with Gasteiger partial charge in [0.05, 0.1) is 18.4 Å². The van der Waals surface area contributed by atoms with Gasteiger partial charge < -0.3 is 14.4 Å². The zero-order chi connectivity index (χ0) is 22.1. The summed E-state index contributed by atoms with van der Waals surface area (Å²) in [6.07, 6.45) is 1.69. The normalized spacial score (nSPS) is 15.9. The van der Waals surface area contributed by atoms with Gasteiger partial charge in [0.1, 0.15) is 5.02 Å². The number of hydrogen-bond donors (Lipinski definition) is 0. The molecule has 0 bridgehead atoms. The Morgan fingerprint density at radius 1 is 0.875 bits per heavy atom. The van der Waals surface area contributed by atoms with Gasteiger partial charge in [-0.25, -0.2) is 4.68 Å². The summed E-state index contributed by atoms with van der Waals surface area (Å²) in [6.45, 7) is 4.72. The zero-order valence-corrected chi connectivity index (χ0v) is 18.8. The van der Waals surface area contributed by atoms with Gasteiger partial charge in [-0.3, -0.25) is 9.69 Å². The van der Waals surface area contributed by atoms with Gasteiger partial charge in [-0.05, 0) is 35.4 Å². The molecule has 1 saturated heterocycles. The molecule has 2 aliphatic heterocycles. The second-order valence-electron chi connectivity index (χ2n) is 7.88. The molecule has 32 heavy (non-hydrogen) atoms. The van der Waals surface area contributed by atoms with Gasteiger partial charge in [0.25, 0.3) is 5.56 Å². The Kier molecular flexibility index (Phi) is 5.95. The molecule has 2 aromatic carbocycles. The van der Waals surface area contributed by atoms with Crippen molar-refractivity contribution in [2.75, 3.05) is 37.9 Å². The number of piperazine rings is 1. The van der Waals surface area contributed by atoms with Crippen molar-refractivity contribution in [2.45, 2.75) is 13.1 Å². The molecule has 2 aliphatic rings. The average molecular weight is 473 g/mol. The number of aromatic nitrogens is 2. The Labute approximate surface area is 195 Å². The standard InChI is InChI=1S/C23H22Cl2N4O3/c24-18-4-1-16(2-5-18)14-29-23(30)22(25)19(12-26-29)28-9-7-27(8-10-28)13-17-3-6-20-21(11-17)32-15-31-20/h1-6,11-12H,7-10,13-15H2. The van der Waals surface area contributed by atoms with E-state index in [0.29, 0.717) is 17.3 Å². The van der Waals surface area contributed by atoms with Crippen molar-refractivity contribution in [3.8, 4) is 11.5 Å². The zero-order valence-electron chi connectivity index (χ0n) is 17.3. The van der Waals surface area contributed by atoms with Crippen LogP contribution in [0.3, 0.4) is 0 Å². The van der Waals surface area contributed by atoms with E-state index < -0.39 is 0 Å². The predicted molar refractivity (Wildman–Crippen MR) is 124 cm³/mol. The molecule has 0 aliphatic carbocycles. The number of halogens is 2. The second-order valence-corrected chi connectivity index (χ2v) is 8.70. The van der Waals surface area contributed by atoms with E-state index in [1.165, 1.54) is 10.2 Å². The van der Waals surface area contributed by atoms with Crippen molar-refractivity contribution in [1.82, 2.24) is 14.7 Å². The smallest absolute Gasteiger partial charge is 0.287 e. The van der Waals surface area contributed by atoms with Crippen LogP contribution in [0.4, 0.5) is 5.69 Å². The lowest BCUT2D eigenvalue weighted by molar-refractivity contribution is 0.174. The van der Waals surface area contributed by atoms with E-state index in [1.807, 2.05) is 24.3 Å². The Hall–Kier alpha value is -2.74. The minimum atomic E-state index is -0.290. The number of hydrogen-bond acceptors (Lipinski definition) is 6. The number of ether oxygens (including phenoxy) is 2. The first kappa shape index (κ1) is 21.1. The highest BCUT2D eigenvalue weighted by Gasteiger charge is 2.22. The van der Waals surface area contributed by atoms with Crippen LogP contribution in [0, 0.1) is 0 Å². The minimum Gasteiger partial charge on any atom is -0.454 e. The maximum Gasteiger partial charge on any atom is 0.287 e. The van der Waals surface area contributed by atoms with Crippen LogP contribution in [0.2, 0.25) is 10.0 Å². The van der Waals surface area contributed by atoms with E-state index in [-0.39, 0.29) is 17.4 Å². The molecular formula is C23H22Cl2N4O3. The monoisotopic (exact) mass is 472 g/mol. The third-order valence-electron chi connectivity index (χ3n) is 5.77. The first-order chi connectivity index (χ1) is 15.6. The summed E-state index contributed by atoms with van der Waals surface area (Å²) in [6, 6.07) is 13.4. The Bertz CT molecular complexity index is 1170. The van der Waals surface area contributed by atoms with Crippen LogP contribution in [0.5, 0.6) is 11.5 Å². The molecule has 0 unspecified atom stereocenters. The van der Waals surface area contributed by atoms with Gasteiger partial charge in [0.2, 0.25) is 6.79 Å². The number of fused-ring (bicyclic) bond motifs is 1. The first-order valence-corrected chi connectivity index (χ1v) is 11.2. The van der Waals surface area contributed by atoms with Crippen molar-refractivity contribution in [1.29, 1.82) is 0 Å².